The molecule has 1 aliphatic heterocycles. The Bertz CT molecular complexity index is 1290. The van der Waals surface area contributed by atoms with Crippen LogP contribution in [0, 0.1) is 6.92 Å². The fourth-order valence-electron chi connectivity index (χ4n) is 3.11. The molecule has 0 unspecified atom stereocenters. The zero-order valence-corrected chi connectivity index (χ0v) is 20.9. The molecule has 1 saturated heterocycles. The number of halogens is 1. The van der Waals surface area contributed by atoms with Crippen LogP contribution in [-0.2, 0) is 11.4 Å². The van der Waals surface area contributed by atoms with Crippen LogP contribution in [0.3, 0.4) is 0 Å². The zero-order chi connectivity index (χ0) is 24.1. The Kier molecular flexibility index (Phi) is 7.66. The van der Waals surface area contributed by atoms with Crippen molar-refractivity contribution in [2.45, 2.75) is 13.5 Å². The van der Waals surface area contributed by atoms with E-state index in [0.29, 0.717) is 44.9 Å². The molecule has 7 nitrogen and oxygen atoms in total. The van der Waals surface area contributed by atoms with Gasteiger partial charge in [0.25, 0.3) is 5.91 Å². The topological polar surface area (TPSA) is 76.9 Å². The smallest absolute Gasteiger partial charge is 0.267 e. The molecule has 4 rings (SSSR count). The van der Waals surface area contributed by atoms with Gasteiger partial charge >= 0.3 is 0 Å². The van der Waals surface area contributed by atoms with Gasteiger partial charge < -0.3 is 9.47 Å². The molecule has 1 amide bonds. The SMILES string of the molecule is C=CCN1C(=O)/C(=C/c2ccc(OCc3ccccc3Cl)c(OC)c2)S/C1=N/c1nnc(C)s1. The van der Waals surface area contributed by atoms with Gasteiger partial charge in [0, 0.05) is 17.1 Å². The second kappa shape index (κ2) is 10.9. The van der Waals surface area contributed by atoms with Gasteiger partial charge in [0.15, 0.2) is 16.7 Å². The van der Waals surface area contributed by atoms with E-state index < -0.39 is 0 Å². The second-order valence-electron chi connectivity index (χ2n) is 7.10. The van der Waals surface area contributed by atoms with Crippen LogP contribution < -0.4 is 9.47 Å². The lowest BCUT2D eigenvalue weighted by atomic mass is 10.1. The lowest BCUT2D eigenvalue weighted by molar-refractivity contribution is -0.121. The van der Waals surface area contributed by atoms with Gasteiger partial charge in [-0.2, -0.15) is 4.99 Å². The van der Waals surface area contributed by atoms with Crippen molar-refractivity contribution < 1.29 is 14.3 Å². The molecule has 0 aliphatic carbocycles. The summed E-state index contributed by atoms with van der Waals surface area (Å²) in [5, 5.41) is 10.5. The molecular weight excluding hydrogens is 492 g/mol. The van der Waals surface area contributed by atoms with E-state index in [-0.39, 0.29) is 5.91 Å². The minimum Gasteiger partial charge on any atom is -0.493 e. The molecule has 1 aromatic heterocycles. The fraction of sp³-hybridized carbons (Fsp3) is 0.167. The quantitative estimate of drug-likeness (QED) is 0.277. The third kappa shape index (κ3) is 5.49. The number of amides is 1. The number of nitrogens with zero attached hydrogens (tertiary/aromatic N) is 4. The Morgan fingerprint density at radius 1 is 1.21 bits per heavy atom. The summed E-state index contributed by atoms with van der Waals surface area (Å²) in [7, 11) is 1.57. The molecule has 0 radical (unpaired) electrons. The van der Waals surface area contributed by atoms with Crippen molar-refractivity contribution in [2.75, 3.05) is 13.7 Å². The summed E-state index contributed by atoms with van der Waals surface area (Å²) in [6.07, 6.45) is 3.47. The van der Waals surface area contributed by atoms with Crippen LogP contribution in [0.2, 0.25) is 5.02 Å². The summed E-state index contributed by atoms with van der Waals surface area (Å²) in [6, 6.07) is 13.0. The van der Waals surface area contributed by atoms with Gasteiger partial charge in [-0.15, -0.1) is 16.8 Å². The summed E-state index contributed by atoms with van der Waals surface area (Å²) in [6.45, 7) is 6.26. The maximum atomic E-state index is 13.0. The van der Waals surface area contributed by atoms with Crippen LogP contribution in [0.25, 0.3) is 6.08 Å². The van der Waals surface area contributed by atoms with Gasteiger partial charge in [0.1, 0.15) is 11.6 Å². The molecule has 3 aromatic rings. The summed E-state index contributed by atoms with van der Waals surface area (Å²) >= 11 is 8.87. The molecule has 1 fully saturated rings. The summed E-state index contributed by atoms with van der Waals surface area (Å²) in [5.74, 6) is 0.984. The number of ether oxygens (including phenoxy) is 2. The number of methoxy groups -OCH3 is 1. The summed E-state index contributed by atoms with van der Waals surface area (Å²) in [5.41, 5.74) is 1.68. The molecule has 10 heteroatoms. The first-order chi connectivity index (χ1) is 16.5. The van der Waals surface area contributed by atoms with Crippen molar-refractivity contribution in [2.24, 2.45) is 4.99 Å². The van der Waals surface area contributed by atoms with Crippen molar-refractivity contribution >= 4 is 57.0 Å². The zero-order valence-electron chi connectivity index (χ0n) is 18.5. The number of rotatable bonds is 8. The van der Waals surface area contributed by atoms with Crippen molar-refractivity contribution in [1.82, 2.24) is 15.1 Å². The molecule has 0 bridgehead atoms. The van der Waals surface area contributed by atoms with Crippen molar-refractivity contribution in [3.63, 3.8) is 0 Å². The maximum absolute atomic E-state index is 13.0. The molecule has 0 saturated carbocycles. The Balaban J connectivity index is 1.56. The van der Waals surface area contributed by atoms with Crippen LogP contribution >= 0.6 is 34.7 Å². The first-order valence-electron chi connectivity index (χ1n) is 10.2. The molecule has 2 heterocycles. The van der Waals surface area contributed by atoms with Crippen LogP contribution in [-0.4, -0.2) is 39.8 Å². The van der Waals surface area contributed by atoms with Crippen LogP contribution in [0.4, 0.5) is 5.13 Å². The van der Waals surface area contributed by atoms with E-state index in [4.69, 9.17) is 21.1 Å². The first-order valence-corrected chi connectivity index (χ1v) is 12.2. The molecule has 1 aliphatic rings. The second-order valence-corrected chi connectivity index (χ2v) is 9.68. The number of carbonyl (C=O) groups excluding carboxylic acids is 1. The van der Waals surface area contributed by atoms with E-state index >= 15 is 0 Å². The maximum Gasteiger partial charge on any atom is 0.267 e. The molecule has 0 atom stereocenters. The molecule has 34 heavy (non-hydrogen) atoms. The average Bonchev–Trinajstić information content (AvgIpc) is 3.37. The lowest BCUT2D eigenvalue weighted by Crippen LogP contribution is -2.29. The fourth-order valence-corrected chi connectivity index (χ4v) is 4.91. The van der Waals surface area contributed by atoms with Gasteiger partial charge in [-0.25, -0.2) is 0 Å². The molecule has 0 N–H and O–H groups in total. The first kappa shape index (κ1) is 24.0. The van der Waals surface area contributed by atoms with E-state index in [2.05, 4.69) is 21.8 Å². The molecule has 0 spiro atoms. The number of aryl methyl sites for hydroxylation is 1. The number of thioether (sulfide) groups is 1. The van der Waals surface area contributed by atoms with Gasteiger partial charge in [-0.1, -0.05) is 53.3 Å². The standard InChI is InChI=1S/C24H21ClN4O3S2/c1-4-11-29-22(30)21(34-24(29)26-23-28-27-15(2)33-23)13-16-9-10-19(20(12-16)31-3)32-14-17-7-5-6-8-18(17)25/h4-10,12-13H,1,11,14H2,2-3H3/b21-13-,26-24+. The Hall–Kier alpha value is -3.14. The average molecular weight is 513 g/mol. The number of aromatic nitrogens is 2. The van der Waals surface area contributed by atoms with Crippen LogP contribution in [0.1, 0.15) is 16.1 Å². The van der Waals surface area contributed by atoms with Crippen LogP contribution in [0.5, 0.6) is 11.5 Å². The highest BCUT2D eigenvalue weighted by Crippen LogP contribution is 2.36. The van der Waals surface area contributed by atoms with E-state index in [1.807, 2.05) is 49.4 Å². The molecule has 174 valence electrons. The van der Waals surface area contributed by atoms with Crippen molar-refractivity contribution in [3.8, 4) is 11.5 Å². The predicted octanol–water partition coefficient (Wildman–Crippen LogP) is 5.88. The monoisotopic (exact) mass is 512 g/mol. The molecule has 2 aromatic carbocycles. The largest absolute Gasteiger partial charge is 0.493 e. The number of benzene rings is 2. The Labute approximate surface area is 210 Å². The Morgan fingerprint density at radius 3 is 2.74 bits per heavy atom. The summed E-state index contributed by atoms with van der Waals surface area (Å²) < 4.78 is 11.4. The number of aliphatic imine (C=N–C) groups is 1. The van der Waals surface area contributed by atoms with Crippen molar-refractivity contribution in [3.05, 3.63) is 81.2 Å². The van der Waals surface area contributed by atoms with Gasteiger partial charge in [-0.05, 0) is 48.5 Å². The Morgan fingerprint density at radius 2 is 2.03 bits per heavy atom. The van der Waals surface area contributed by atoms with Crippen molar-refractivity contribution in [1.29, 1.82) is 0 Å². The normalized spacial score (nSPS) is 15.9. The highest BCUT2D eigenvalue weighted by molar-refractivity contribution is 8.18. The van der Waals surface area contributed by atoms with Crippen LogP contribution in [0.15, 0.2) is 65.0 Å². The predicted molar refractivity (Wildman–Crippen MR) is 138 cm³/mol. The summed E-state index contributed by atoms with van der Waals surface area (Å²) in [4.78, 5) is 19.6. The van der Waals surface area contributed by atoms with E-state index in [0.717, 1.165) is 16.1 Å². The number of carbonyl (C=O) groups is 1. The highest BCUT2D eigenvalue weighted by Gasteiger charge is 2.33. The number of hydrogen-bond donors (Lipinski definition) is 0. The third-order valence-electron chi connectivity index (χ3n) is 4.73. The third-order valence-corrected chi connectivity index (χ3v) is 6.84. The van der Waals surface area contributed by atoms with Gasteiger partial charge in [0.05, 0.1) is 12.0 Å². The minimum absolute atomic E-state index is 0.150. The minimum atomic E-state index is -0.150. The lowest BCUT2D eigenvalue weighted by Gasteiger charge is -2.12. The van der Waals surface area contributed by atoms with E-state index in [1.165, 1.54) is 23.1 Å². The van der Waals surface area contributed by atoms with Gasteiger partial charge in [0.2, 0.25) is 5.13 Å². The number of amidine groups is 1. The highest BCUT2D eigenvalue weighted by atomic mass is 35.5. The number of hydrogen-bond acceptors (Lipinski definition) is 8. The van der Waals surface area contributed by atoms with E-state index in [9.17, 15) is 4.79 Å². The van der Waals surface area contributed by atoms with Gasteiger partial charge in [-0.3, -0.25) is 9.69 Å². The molecular formula is C24H21ClN4O3S2. The van der Waals surface area contributed by atoms with E-state index in [1.54, 1.807) is 24.2 Å².